The van der Waals surface area contributed by atoms with Crippen molar-refractivity contribution in [1.82, 2.24) is 24.5 Å². The van der Waals surface area contributed by atoms with Crippen LogP contribution in [0.15, 0.2) is 182 Å². The lowest BCUT2D eigenvalue weighted by Gasteiger charge is -2.20. The summed E-state index contributed by atoms with van der Waals surface area (Å²) in [6.45, 7) is 4.26. The van der Waals surface area contributed by atoms with Crippen LogP contribution in [0.3, 0.4) is 0 Å². The monoisotopic (exact) mass is 756 g/mol. The van der Waals surface area contributed by atoms with Crippen molar-refractivity contribution in [3.63, 3.8) is 0 Å². The van der Waals surface area contributed by atoms with Gasteiger partial charge in [0.15, 0.2) is 11.6 Å². The van der Waals surface area contributed by atoms with Crippen molar-refractivity contribution in [2.75, 3.05) is 0 Å². The van der Waals surface area contributed by atoms with Gasteiger partial charge in [0, 0.05) is 44.2 Å². The maximum Gasteiger partial charge on any atom is 0.160 e. The molecular weight excluding hydrogens is 721 g/mol. The van der Waals surface area contributed by atoms with Crippen molar-refractivity contribution >= 4 is 21.8 Å². The average molecular weight is 757 g/mol. The molecule has 0 amide bonds. The Balaban J connectivity index is 1.37. The van der Waals surface area contributed by atoms with Crippen LogP contribution in [0.2, 0.25) is 0 Å². The van der Waals surface area contributed by atoms with Gasteiger partial charge in [-0.3, -0.25) is 0 Å². The molecule has 0 fully saturated rings. The van der Waals surface area contributed by atoms with Gasteiger partial charge in [-0.25, -0.2) is 19.9 Å². The maximum atomic E-state index is 10.8. The first-order chi connectivity index (χ1) is 29.0. The third-order valence-corrected chi connectivity index (χ3v) is 10.7. The molecule has 7 aromatic carbocycles. The van der Waals surface area contributed by atoms with Crippen LogP contribution in [0.25, 0.3) is 95.3 Å². The summed E-state index contributed by atoms with van der Waals surface area (Å²) in [7, 11) is 0. The van der Waals surface area contributed by atoms with E-state index < -0.39 is 0 Å². The number of nitrogens with zero attached hydrogens (tertiary/aromatic N) is 6. The highest BCUT2D eigenvalue weighted by molar-refractivity contribution is 6.11. The Hall–Kier alpha value is -8.01. The molecule has 0 saturated heterocycles. The number of hydrogen-bond donors (Lipinski definition) is 0. The predicted molar refractivity (Wildman–Crippen MR) is 239 cm³/mol. The number of benzene rings is 7. The molecule has 0 bridgehead atoms. The van der Waals surface area contributed by atoms with E-state index >= 15 is 0 Å². The van der Waals surface area contributed by atoms with Gasteiger partial charge in [0.2, 0.25) is 0 Å². The molecule has 10 rings (SSSR count). The summed E-state index contributed by atoms with van der Waals surface area (Å²) in [5, 5.41) is 13.1. The number of hydrogen-bond acceptors (Lipinski definition) is 5. The molecule has 3 heterocycles. The normalized spacial score (nSPS) is 11.2. The Kier molecular flexibility index (Phi) is 8.89. The Morgan fingerprint density at radius 3 is 1.17 bits per heavy atom. The van der Waals surface area contributed by atoms with Crippen molar-refractivity contribution in [3.05, 3.63) is 199 Å². The van der Waals surface area contributed by atoms with Gasteiger partial charge in [-0.1, -0.05) is 145 Å². The van der Waals surface area contributed by atoms with Crippen LogP contribution in [-0.4, -0.2) is 24.5 Å². The van der Waals surface area contributed by atoms with Crippen molar-refractivity contribution in [1.29, 1.82) is 5.26 Å². The Morgan fingerprint density at radius 1 is 0.407 bits per heavy atom. The fourth-order valence-corrected chi connectivity index (χ4v) is 7.94. The SMILES string of the molecule is Cc1ccc2c(c1)c1cc(C)ccc1n2-c1c(-c2cc(-c3ccccc3)nc(-c3ccccc3)n2)cc(C#N)cc1-c1cc(-c2ccccc2)nc(-c2ccccc2)n1. The first-order valence-electron chi connectivity index (χ1n) is 19.6. The molecule has 0 aliphatic carbocycles. The number of aromatic nitrogens is 5. The predicted octanol–water partition coefficient (Wildman–Crippen LogP) is 12.9. The molecule has 59 heavy (non-hydrogen) atoms. The summed E-state index contributed by atoms with van der Waals surface area (Å²) in [4.78, 5) is 20.9. The van der Waals surface area contributed by atoms with Crippen LogP contribution in [0.5, 0.6) is 0 Å². The number of rotatable bonds is 7. The van der Waals surface area contributed by atoms with E-state index in [1.807, 2.05) is 121 Å². The summed E-state index contributed by atoms with van der Waals surface area (Å²) in [6.07, 6.45) is 0. The minimum atomic E-state index is 0.480. The zero-order valence-electron chi connectivity index (χ0n) is 32.5. The van der Waals surface area contributed by atoms with Crippen molar-refractivity contribution in [3.8, 4) is 79.6 Å². The standard InChI is InChI=1S/C53H36N6/c1-34-23-25-49-41(27-34)42-28-35(2)24-26-50(42)59(49)51-43(47-31-45(37-15-7-3-8-16-37)55-52(57-47)39-19-11-5-12-20-39)29-36(33-54)30-44(51)48-32-46(38-17-9-4-10-18-38)56-53(58-48)40-21-13-6-14-22-40/h3-32H,1-2H3. The topological polar surface area (TPSA) is 80.3 Å². The number of fused-ring (bicyclic) bond motifs is 3. The molecule has 0 atom stereocenters. The summed E-state index contributed by atoms with van der Waals surface area (Å²) in [5.41, 5.74) is 13.9. The van der Waals surface area contributed by atoms with E-state index in [4.69, 9.17) is 19.9 Å². The molecule has 10 aromatic rings. The van der Waals surface area contributed by atoms with Crippen LogP contribution in [0.4, 0.5) is 0 Å². The van der Waals surface area contributed by atoms with Gasteiger partial charge in [-0.05, 0) is 62.4 Å². The summed E-state index contributed by atoms with van der Waals surface area (Å²) in [6, 6.07) is 64.2. The van der Waals surface area contributed by atoms with Gasteiger partial charge in [0.25, 0.3) is 0 Å². The van der Waals surface area contributed by atoms with Gasteiger partial charge in [-0.2, -0.15) is 5.26 Å². The van der Waals surface area contributed by atoms with E-state index in [9.17, 15) is 5.26 Å². The Bertz CT molecular complexity index is 2900. The van der Waals surface area contributed by atoms with E-state index in [1.54, 1.807) is 0 Å². The molecule has 6 nitrogen and oxygen atoms in total. The summed E-state index contributed by atoms with van der Waals surface area (Å²) in [5.74, 6) is 1.18. The van der Waals surface area contributed by atoms with Crippen molar-refractivity contribution < 1.29 is 0 Å². The fraction of sp³-hybridized carbons (Fsp3) is 0.0377. The molecule has 0 spiro atoms. The Labute approximate surface area is 342 Å². The second-order valence-electron chi connectivity index (χ2n) is 14.8. The highest BCUT2D eigenvalue weighted by Crippen LogP contribution is 2.43. The molecular formula is C53H36N6. The highest BCUT2D eigenvalue weighted by Gasteiger charge is 2.25. The fourth-order valence-electron chi connectivity index (χ4n) is 7.94. The first-order valence-corrected chi connectivity index (χ1v) is 19.6. The molecule has 0 radical (unpaired) electrons. The van der Waals surface area contributed by atoms with Crippen molar-refractivity contribution in [2.24, 2.45) is 0 Å². The summed E-state index contributed by atoms with van der Waals surface area (Å²) >= 11 is 0. The zero-order chi connectivity index (χ0) is 39.9. The Morgan fingerprint density at radius 2 is 0.780 bits per heavy atom. The van der Waals surface area contributed by atoms with E-state index in [2.05, 4.69) is 85.1 Å². The molecule has 0 saturated carbocycles. The quantitative estimate of drug-likeness (QED) is 0.162. The van der Waals surface area contributed by atoms with Crippen LogP contribution >= 0.6 is 0 Å². The van der Waals surface area contributed by atoms with Gasteiger partial charge in [0.05, 0.1) is 51.1 Å². The van der Waals surface area contributed by atoms with E-state index in [0.29, 0.717) is 28.6 Å². The van der Waals surface area contributed by atoms with Gasteiger partial charge >= 0.3 is 0 Å². The third kappa shape index (κ3) is 6.61. The average Bonchev–Trinajstić information content (AvgIpc) is 3.61. The maximum absolute atomic E-state index is 10.8. The first kappa shape index (κ1) is 35.4. The molecule has 0 aliphatic rings. The molecule has 0 unspecified atom stereocenters. The number of aryl methyl sites for hydroxylation is 2. The van der Waals surface area contributed by atoms with Gasteiger partial charge in [0.1, 0.15) is 0 Å². The van der Waals surface area contributed by atoms with Crippen LogP contribution in [0, 0.1) is 25.2 Å². The minimum absolute atomic E-state index is 0.480. The minimum Gasteiger partial charge on any atom is -0.308 e. The molecule has 0 aliphatic heterocycles. The van der Waals surface area contributed by atoms with E-state index in [0.717, 1.165) is 72.3 Å². The molecule has 6 heteroatoms. The lowest BCUT2D eigenvalue weighted by molar-refractivity contribution is 1.13. The smallest absolute Gasteiger partial charge is 0.160 e. The summed E-state index contributed by atoms with van der Waals surface area (Å²) < 4.78 is 2.33. The van der Waals surface area contributed by atoms with Gasteiger partial charge < -0.3 is 4.57 Å². The molecule has 3 aromatic heterocycles. The van der Waals surface area contributed by atoms with Gasteiger partial charge in [-0.15, -0.1) is 0 Å². The lowest BCUT2D eigenvalue weighted by atomic mass is 9.95. The van der Waals surface area contributed by atoms with Crippen LogP contribution in [0.1, 0.15) is 16.7 Å². The lowest BCUT2D eigenvalue weighted by Crippen LogP contribution is -2.05. The molecule has 278 valence electrons. The zero-order valence-corrected chi connectivity index (χ0v) is 32.5. The second kappa shape index (κ2) is 14.8. The van der Waals surface area contributed by atoms with Crippen LogP contribution < -0.4 is 0 Å². The highest BCUT2D eigenvalue weighted by atomic mass is 15.0. The van der Waals surface area contributed by atoms with E-state index in [-0.39, 0.29) is 0 Å². The third-order valence-electron chi connectivity index (χ3n) is 10.7. The molecule has 0 N–H and O–H groups in total. The van der Waals surface area contributed by atoms with Crippen molar-refractivity contribution in [2.45, 2.75) is 13.8 Å². The largest absolute Gasteiger partial charge is 0.308 e. The van der Waals surface area contributed by atoms with Crippen LogP contribution in [-0.2, 0) is 0 Å². The second-order valence-corrected chi connectivity index (χ2v) is 14.8. The number of nitriles is 1. The van der Waals surface area contributed by atoms with E-state index in [1.165, 1.54) is 11.1 Å².